The summed E-state index contributed by atoms with van der Waals surface area (Å²) in [6, 6.07) is 4.16. The van der Waals surface area contributed by atoms with E-state index in [4.69, 9.17) is 0 Å². The van der Waals surface area contributed by atoms with Crippen molar-refractivity contribution in [3.63, 3.8) is 0 Å². The van der Waals surface area contributed by atoms with Crippen LogP contribution in [0.25, 0.3) is 10.9 Å². The van der Waals surface area contributed by atoms with Gasteiger partial charge in [0.25, 0.3) is 5.91 Å². The Balaban J connectivity index is 1.92. The number of aromatic nitrogens is 1. The van der Waals surface area contributed by atoms with Crippen LogP contribution in [0.2, 0.25) is 0 Å². The molecule has 1 aliphatic heterocycles. The first-order chi connectivity index (χ1) is 9.87. The highest BCUT2D eigenvalue weighted by atomic mass is 32.2. The van der Waals surface area contributed by atoms with Crippen molar-refractivity contribution in [2.24, 2.45) is 0 Å². The standard InChI is InChI=1S/C14H15FN2O3S/c1-8-12(10-3-2-4-11(15)13(10)16-8)14(18)17-9-5-6-21(19,20)7-9/h2-4,9,16H,5-7H2,1H3,(H,17,18). The summed E-state index contributed by atoms with van der Waals surface area (Å²) in [4.78, 5) is 15.2. The summed E-state index contributed by atoms with van der Waals surface area (Å²) in [7, 11) is -3.05. The lowest BCUT2D eigenvalue weighted by Gasteiger charge is -2.10. The Kier molecular flexibility index (Phi) is 3.24. The van der Waals surface area contributed by atoms with Crippen LogP contribution in [-0.2, 0) is 9.84 Å². The van der Waals surface area contributed by atoms with Gasteiger partial charge in [-0.15, -0.1) is 0 Å². The molecule has 5 nitrogen and oxygen atoms in total. The molecular formula is C14H15FN2O3S. The Bertz CT molecular complexity index is 826. The Morgan fingerprint density at radius 1 is 1.43 bits per heavy atom. The Morgan fingerprint density at radius 3 is 2.86 bits per heavy atom. The lowest BCUT2D eigenvalue weighted by atomic mass is 10.1. The molecule has 21 heavy (non-hydrogen) atoms. The van der Waals surface area contributed by atoms with Gasteiger partial charge >= 0.3 is 0 Å². The number of halogens is 1. The number of H-pyrrole nitrogens is 1. The summed E-state index contributed by atoms with van der Waals surface area (Å²) in [5.41, 5.74) is 1.22. The van der Waals surface area contributed by atoms with Crippen LogP contribution < -0.4 is 5.32 Å². The summed E-state index contributed by atoms with van der Waals surface area (Å²) < 4.78 is 36.6. The van der Waals surface area contributed by atoms with Crippen molar-refractivity contribution >= 4 is 26.6 Å². The number of hydrogen-bond acceptors (Lipinski definition) is 3. The zero-order valence-corrected chi connectivity index (χ0v) is 12.3. The number of amides is 1. The average molecular weight is 310 g/mol. The maximum Gasteiger partial charge on any atom is 0.253 e. The van der Waals surface area contributed by atoms with Crippen LogP contribution in [0.15, 0.2) is 18.2 Å². The molecule has 2 aromatic rings. The SMILES string of the molecule is Cc1[nH]c2c(F)cccc2c1C(=O)NC1CCS(=O)(=O)C1. The zero-order valence-electron chi connectivity index (χ0n) is 11.4. The third kappa shape index (κ3) is 2.53. The molecule has 3 rings (SSSR count). The molecule has 0 aliphatic carbocycles. The number of rotatable bonds is 2. The minimum absolute atomic E-state index is 0.0332. The van der Waals surface area contributed by atoms with Crippen LogP contribution in [0.1, 0.15) is 22.5 Å². The minimum atomic E-state index is -3.05. The van der Waals surface area contributed by atoms with Crippen LogP contribution in [0, 0.1) is 12.7 Å². The van der Waals surface area contributed by atoms with E-state index in [-0.39, 0.29) is 23.5 Å². The van der Waals surface area contributed by atoms with Crippen LogP contribution in [0.5, 0.6) is 0 Å². The third-order valence-electron chi connectivity index (χ3n) is 3.77. The van der Waals surface area contributed by atoms with Crippen molar-refractivity contribution in [1.29, 1.82) is 0 Å². The smallest absolute Gasteiger partial charge is 0.253 e. The van der Waals surface area contributed by atoms with Gasteiger partial charge in [0.15, 0.2) is 9.84 Å². The predicted molar refractivity (Wildman–Crippen MR) is 77.5 cm³/mol. The number of aromatic amines is 1. The molecule has 1 fully saturated rings. The molecule has 1 aromatic heterocycles. The number of sulfone groups is 1. The molecular weight excluding hydrogens is 295 g/mol. The van der Waals surface area contributed by atoms with Crippen LogP contribution in [0.4, 0.5) is 4.39 Å². The second-order valence-corrected chi connectivity index (χ2v) is 7.59. The van der Waals surface area contributed by atoms with Gasteiger partial charge < -0.3 is 10.3 Å². The molecule has 1 aromatic carbocycles. The molecule has 1 saturated heterocycles. The van der Waals surface area contributed by atoms with Crippen molar-refractivity contribution < 1.29 is 17.6 Å². The Labute approximate surface area is 121 Å². The van der Waals surface area contributed by atoms with E-state index in [2.05, 4.69) is 10.3 Å². The van der Waals surface area contributed by atoms with Gasteiger partial charge in [-0.25, -0.2) is 12.8 Å². The minimum Gasteiger partial charge on any atom is -0.356 e. The maximum absolute atomic E-state index is 13.7. The normalized spacial score (nSPS) is 20.8. The second kappa shape index (κ2) is 4.84. The van der Waals surface area contributed by atoms with E-state index < -0.39 is 15.7 Å². The molecule has 1 aliphatic rings. The average Bonchev–Trinajstić information content (AvgIpc) is 2.90. The molecule has 0 saturated carbocycles. The van der Waals surface area contributed by atoms with Crippen LogP contribution >= 0.6 is 0 Å². The van der Waals surface area contributed by atoms with Crippen LogP contribution in [0.3, 0.4) is 0 Å². The summed E-state index contributed by atoms with van der Waals surface area (Å²) >= 11 is 0. The Hall–Kier alpha value is -1.89. The van der Waals surface area contributed by atoms with E-state index in [9.17, 15) is 17.6 Å². The number of carbonyl (C=O) groups excluding carboxylic acids is 1. The molecule has 1 atom stereocenters. The quantitative estimate of drug-likeness (QED) is 0.883. The first-order valence-corrected chi connectivity index (χ1v) is 8.47. The monoisotopic (exact) mass is 310 g/mol. The summed E-state index contributed by atoms with van der Waals surface area (Å²) in [6.45, 7) is 1.69. The number of carbonyl (C=O) groups is 1. The van der Waals surface area contributed by atoms with Gasteiger partial charge in [0.1, 0.15) is 5.82 Å². The van der Waals surface area contributed by atoms with Gasteiger partial charge in [-0.05, 0) is 19.4 Å². The van der Waals surface area contributed by atoms with E-state index in [0.717, 1.165) is 0 Å². The van der Waals surface area contributed by atoms with Crippen molar-refractivity contribution in [1.82, 2.24) is 10.3 Å². The van der Waals surface area contributed by atoms with E-state index in [1.54, 1.807) is 19.1 Å². The van der Waals surface area contributed by atoms with Crippen molar-refractivity contribution in [2.45, 2.75) is 19.4 Å². The zero-order chi connectivity index (χ0) is 15.2. The van der Waals surface area contributed by atoms with E-state index in [1.807, 2.05) is 0 Å². The number of nitrogens with one attached hydrogen (secondary N) is 2. The van der Waals surface area contributed by atoms with E-state index in [0.29, 0.717) is 28.6 Å². The highest BCUT2D eigenvalue weighted by molar-refractivity contribution is 7.91. The molecule has 0 bridgehead atoms. The lowest BCUT2D eigenvalue weighted by Crippen LogP contribution is -2.35. The first-order valence-electron chi connectivity index (χ1n) is 6.65. The molecule has 2 heterocycles. The molecule has 1 unspecified atom stereocenters. The number of fused-ring (bicyclic) bond motifs is 1. The predicted octanol–water partition coefficient (Wildman–Crippen LogP) is 1.53. The third-order valence-corrected chi connectivity index (χ3v) is 5.53. The molecule has 0 radical (unpaired) electrons. The van der Waals surface area contributed by atoms with E-state index in [1.165, 1.54) is 6.07 Å². The Morgan fingerprint density at radius 2 is 2.19 bits per heavy atom. The molecule has 0 spiro atoms. The van der Waals surface area contributed by atoms with Gasteiger partial charge in [0, 0.05) is 17.1 Å². The van der Waals surface area contributed by atoms with Gasteiger partial charge in [0.2, 0.25) is 0 Å². The molecule has 7 heteroatoms. The van der Waals surface area contributed by atoms with Gasteiger partial charge in [0.05, 0.1) is 22.6 Å². The fraction of sp³-hybridized carbons (Fsp3) is 0.357. The van der Waals surface area contributed by atoms with Gasteiger partial charge in [-0.1, -0.05) is 12.1 Å². The number of para-hydroxylation sites is 1. The van der Waals surface area contributed by atoms with Crippen molar-refractivity contribution in [3.8, 4) is 0 Å². The summed E-state index contributed by atoms with van der Waals surface area (Å²) in [6.07, 6.45) is 0.420. The molecule has 2 N–H and O–H groups in total. The number of hydrogen-bond donors (Lipinski definition) is 2. The topological polar surface area (TPSA) is 79.0 Å². The fourth-order valence-corrected chi connectivity index (χ4v) is 4.44. The maximum atomic E-state index is 13.7. The molecule has 1 amide bonds. The van der Waals surface area contributed by atoms with Crippen molar-refractivity contribution in [2.75, 3.05) is 11.5 Å². The second-order valence-electron chi connectivity index (χ2n) is 5.36. The summed E-state index contributed by atoms with van der Waals surface area (Å²) in [5.74, 6) is -0.724. The number of benzene rings is 1. The summed E-state index contributed by atoms with van der Waals surface area (Å²) in [5, 5.41) is 3.23. The molecule has 112 valence electrons. The van der Waals surface area contributed by atoms with Gasteiger partial charge in [-0.3, -0.25) is 4.79 Å². The first kappa shape index (κ1) is 14.1. The fourth-order valence-electron chi connectivity index (χ4n) is 2.77. The lowest BCUT2D eigenvalue weighted by molar-refractivity contribution is 0.0942. The van der Waals surface area contributed by atoms with Crippen LogP contribution in [-0.4, -0.2) is 36.9 Å². The van der Waals surface area contributed by atoms with Crippen molar-refractivity contribution in [3.05, 3.63) is 35.3 Å². The highest BCUT2D eigenvalue weighted by Gasteiger charge is 2.30. The highest BCUT2D eigenvalue weighted by Crippen LogP contribution is 2.24. The van der Waals surface area contributed by atoms with Gasteiger partial charge in [-0.2, -0.15) is 0 Å². The number of aryl methyl sites for hydroxylation is 1. The van der Waals surface area contributed by atoms with E-state index >= 15 is 0 Å². The largest absolute Gasteiger partial charge is 0.356 e.